The van der Waals surface area contributed by atoms with Gasteiger partial charge in [-0.1, -0.05) is 24.1 Å². The molecule has 0 spiro atoms. The lowest BCUT2D eigenvalue weighted by atomic mass is 10.1. The summed E-state index contributed by atoms with van der Waals surface area (Å²) in [6.45, 7) is 2.84. The minimum Gasteiger partial charge on any atom is -0.369 e. The standard InChI is InChI=1S/C20H20N6O/c1-3-10-26(16-7-5-15(6-8-16)13(2)25-22)12-14-4-9-18-17(11-14)19(27)24-20(21)23-18/h1,4-9,11,13,22H,10,12H2,2H3,(H3,21,23,24,27). The minimum absolute atomic E-state index is 0.0999. The Hall–Kier alpha value is -3.66. The quantitative estimate of drug-likeness (QED) is 0.463. The maximum absolute atomic E-state index is 12.1. The number of anilines is 2. The molecule has 0 aliphatic heterocycles. The summed E-state index contributed by atoms with van der Waals surface area (Å²) in [6, 6.07) is 13.1. The first-order valence-corrected chi connectivity index (χ1v) is 8.45. The molecular formula is C20H20N6O. The highest BCUT2D eigenvalue weighted by Crippen LogP contribution is 2.23. The van der Waals surface area contributed by atoms with Crippen LogP contribution in [0.1, 0.15) is 24.1 Å². The first-order valence-electron chi connectivity index (χ1n) is 8.45. The summed E-state index contributed by atoms with van der Waals surface area (Å²) in [5.74, 6) is 2.77. The van der Waals surface area contributed by atoms with E-state index in [2.05, 4.69) is 21.0 Å². The molecule has 0 aliphatic rings. The Balaban J connectivity index is 1.90. The van der Waals surface area contributed by atoms with Crippen molar-refractivity contribution < 1.29 is 0 Å². The Bertz CT molecular complexity index is 1060. The van der Waals surface area contributed by atoms with Crippen LogP contribution in [0, 0.1) is 17.9 Å². The number of nitrogens with one attached hydrogen (secondary N) is 2. The van der Waals surface area contributed by atoms with Crippen molar-refractivity contribution in [1.29, 1.82) is 5.53 Å². The Labute approximate surface area is 156 Å². The number of nitrogens with two attached hydrogens (primary N) is 1. The molecule has 1 aromatic heterocycles. The second-order valence-corrected chi connectivity index (χ2v) is 6.26. The third-order valence-electron chi connectivity index (χ3n) is 4.38. The molecule has 0 radical (unpaired) electrons. The Kier molecular flexibility index (Phi) is 5.18. The largest absolute Gasteiger partial charge is 0.369 e. The van der Waals surface area contributed by atoms with Crippen molar-refractivity contribution >= 4 is 22.5 Å². The number of nitrogens with zero attached hydrogens (tertiary/aromatic N) is 3. The van der Waals surface area contributed by atoms with E-state index >= 15 is 0 Å². The van der Waals surface area contributed by atoms with E-state index in [0.717, 1.165) is 16.8 Å². The van der Waals surface area contributed by atoms with Crippen molar-refractivity contribution in [3.8, 4) is 12.3 Å². The van der Waals surface area contributed by atoms with Gasteiger partial charge >= 0.3 is 0 Å². The molecule has 0 aliphatic carbocycles. The van der Waals surface area contributed by atoms with Crippen LogP contribution in [0.4, 0.5) is 11.6 Å². The highest BCUT2D eigenvalue weighted by atomic mass is 16.1. The molecule has 27 heavy (non-hydrogen) atoms. The molecular weight excluding hydrogens is 340 g/mol. The number of terminal acetylenes is 1. The summed E-state index contributed by atoms with van der Waals surface area (Å²) in [7, 11) is 0. The number of rotatable bonds is 6. The van der Waals surface area contributed by atoms with Crippen molar-refractivity contribution in [1.82, 2.24) is 9.97 Å². The lowest BCUT2D eigenvalue weighted by Crippen LogP contribution is -2.23. The monoisotopic (exact) mass is 360 g/mol. The molecule has 0 fully saturated rings. The first kappa shape index (κ1) is 18.1. The summed E-state index contributed by atoms with van der Waals surface area (Å²) in [4.78, 5) is 20.8. The topological polar surface area (TPSA) is 111 Å². The lowest BCUT2D eigenvalue weighted by molar-refractivity contribution is 0.733. The molecule has 7 nitrogen and oxygen atoms in total. The van der Waals surface area contributed by atoms with Crippen LogP contribution >= 0.6 is 0 Å². The van der Waals surface area contributed by atoms with Crippen LogP contribution < -0.4 is 16.2 Å². The zero-order chi connectivity index (χ0) is 19.4. The van der Waals surface area contributed by atoms with Gasteiger partial charge in [0.1, 0.15) is 0 Å². The summed E-state index contributed by atoms with van der Waals surface area (Å²) in [6.07, 6.45) is 5.54. The average Bonchev–Trinajstić information content (AvgIpc) is 2.67. The Morgan fingerprint density at radius 3 is 2.74 bits per heavy atom. The van der Waals surface area contributed by atoms with Crippen LogP contribution in [-0.4, -0.2) is 16.5 Å². The summed E-state index contributed by atoms with van der Waals surface area (Å²) in [5, 5.41) is 4.03. The highest BCUT2D eigenvalue weighted by Gasteiger charge is 2.10. The van der Waals surface area contributed by atoms with Crippen LogP contribution in [0.5, 0.6) is 0 Å². The predicted octanol–water partition coefficient (Wildman–Crippen LogP) is 3.24. The molecule has 7 heteroatoms. The van der Waals surface area contributed by atoms with E-state index in [9.17, 15) is 4.79 Å². The molecule has 3 rings (SSSR count). The fraction of sp³-hybridized carbons (Fsp3) is 0.200. The lowest BCUT2D eigenvalue weighted by Gasteiger charge is -2.23. The van der Waals surface area contributed by atoms with Gasteiger partial charge in [0.05, 0.1) is 23.5 Å². The number of aromatic amines is 1. The SMILES string of the molecule is C#CCN(Cc1ccc2nc(N)[nH]c(=O)c2c1)c1ccc(C(C)N=N)cc1. The van der Waals surface area contributed by atoms with Crippen LogP contribution in [0.25, 0.3) is 10.9 Å². The van der Waals surface area contributed by atoms with Gasteiger partial charge in [-0.25, -0.2) is 10.5 Å². The van der Waals surface area contributed by atoms with E-state index in [1.807, 2.05) is 42.2 Å². The van der Waals surface area contributed by atoms with E-state index in [0.29, 0.717) is 24.0 Å². The molecule has 2 aromatic carbocycles. The molecule has 0 bridgehead atoms. The maximum atomic E-state index is 12.1. The molecule has 1 heterocycles. The third kappa shape index (κ3) is 3.96. The second-order valence-electron chi connectivity index (χ2n) is 6.26. The van der Waals surface area contributed by atoms with Crippen LogP contribution in [0.3, 0.4) is 0 Å². The molecule has 1 unspecified atom stereocenters. The molecule has 1 atom stereocenters. The van der Waals surface area contributed by atoms with Crippen molar-refractivity contribution in [2.45, 2.75) is 19.5 Å². The van der Waals surface area contributed by atoms with Crippen LogP contribution in [0.15, 0.2) is 52.4 Å². The summed E-state index contributed by atoms with van der Waals surface area (Å²) in [5.41, 5.74) is 15.9. The van der Waals surface area contributed by atoms with Gasteiger partial charge in [0, 0.05) is 12.2 Å². The molecule has 0 amide bonds. The zero-order valence-electron chi connectivity index (χ0n) is 14.9. The molecule has 136 valence electrons. The van der Waals surface area contributed by atoms with Gasteiger partial charge in [-0.05, 0) is 42.3 Å². The van der Waals surface area contributed by atoms with Gasteiger partial charge in [-0.3, -0.25) is 9.78 Å². The van der Waals surface area contributed by atoms with Crippen molar-refractivity contribution in [3.63, 3.8) is 0 Å². The van der Waals surface area contributed by atoms with Crippen LogP contribution in [-0.2, 0) is 6.54 Å². The number of fused-ring (bicyclic) bond motifs is 1. The fourth-order valence-corrected chi connectivity index (χ4v) is 2.91. The summed E-state index contributed by atoms with van der Waals surface area (Å²) >= 11 is 0. The van der Waals surface area contributed by atoms with E-state index in [1.165, 1.54) is 0 Å². The number of hydrogen-bond acceptors (Lipinski definition) is 6. The number of nitrogen functional groups attached to an aromatic ring is 1. The Morgan fingerprint density at radius 2 is 2.07 bits per heavy atom. The predicted molar refractivity (Wildman–Crippen MR) is 107 cm³/mol. The van der Waals surface area contributed by atoms with Gasteiger partial charge in [-0.15, -0.1) is 6.42 Å². The van der Waals surface area contributed by atoms with E-state index < -0.39 is 0 Å². The number of hydrogen-bond donors (Lipinski definition) is 3. The van der Waals surface area contributed by atoms with Gasteiger partial charge in [0.15, 0.2) is 0 Å². The van der Waals surface area contributed by atoms with Crippen molar-refractivity contribution in [2.24, 2.45) is 5.11 Å². The fourth-order valence-electron chi connectivity index (χ4n) is 2.91. The number of aromatic nitrogens is 2. The van der Waals surface area contributed by atoms with Gasteiger partial charge in [0.25, 0.3) is 5.56 Å². The van der Waals surface area contributed by atoms with E-state index in [1.54, 1.807) is 12.1 Å². The Morgan fingerprint density at radius 1 is 1.33 bits per heavy atom. The van der Waals surface area contributed by atoms with Gasteiger partial charge in [0.2, 0.25) is 5.95 Å². The third-order valence-corrected chi connectivity index (χ3v) is 4.38. The minimum atomic E-state index is -0.264. The van der Waals surface area contributed by atoms with Crippen molar-refractivity contribution in [2.75, 3.05) is 17.2 Å². The summed E-state index contributed by atoms with van der Waals surface area (Å²) < 4.78 is 0. The van der Waals surface area contributed by atoms with Gasteiger partial charge in [-0.2, -0.15) is 5.11 Å². The van der Waals surface area contributed by atoms with Crippen molar-refractivity contribution in [3.05, 3.63) is 63.9 Å². The average molecular weight is 360 g/mol. The normalized spacial score (nSPS) is 11.7. The first-order chi connectivity index (χ1) is 13.0. The van der Waals surface area contributed by atoms with Crippen LogP contribution in [0.2, 0.25) is 0 Å². The highest BCUT2D eigenvalue weighted by molar-refractivity contribution is 5.79. The molecule has 0 saturated carbocycles. The molecule has 0 saturated heterocycles. The van der Waals surface area contributed by atoms with Gasteiger partial charge < -0.3 is 10.6 Å². The zero-order valence-corrected chi connectivity index (χ0v) is 14.9. The number of H-pyrrole nitrogens is 1. The second kappa shape index (κ2) is 7.70. The molecule has 3 aromatic rings. The maximum Gasteiger partial charge on any atom is 0.260 e. The molecule has 4 N–H and O–H groups in total. The smallest absolute Gasteiger partial charge is 0.260 e. The van der Waals surface area contributed by atoms with E-state index in [-0.39, 0.29) is 17.5 Å². The number of benzene rings is 2. The van der Waals surface area contributed by atoms with E-state index in [4.69, 9.17) is 17.7 Å².